The average molecular weight is 303 g/mol. The van der Waals surface area contributed by atoms with Gasteiger partial charge in [0.1, 0.15) is 0 Å². The second kappa shape index (κ2) is 8.83. The first-order valence-electron chi connectivity index (χ1n) is 7.40. The molecule has 2 nitrogen and oxygen atoms in total. The van der Waals surface area contributed by atoms with Crippen molar-refractivity contribution in [1.82, 2.24) is 10.2 Å². The lowest BCUT2D eigenvalue weighted by molar-refractivity contribution is 0.291. The Labute approximate surface area is 132 Å². The first-order valence-corrected chi connectivity index (χ1v) is 7.84. The minimum Gasteiger partial charge on any atom is -0.314 e. The summed E-state index contributed by atoms with van der Waals surface area (Å²) in [6.45, 7) is 4.74. The molecule has 2 aromatic rings. The minimum absolute atomic E-state index is 0.0441. The van der Waals surface area contributed by atoms with E-state index in [0.29, 0.717) is 0 Å². The monoisotopic (exact) mass is 302 g/mol. The maximum absolute atomic E-state index is 6.33. The molecule has 1 heterocycles. The zero-order valence-electron chi connectivity index (χ0n) is 12.5. The zero-order chi connectivity index (χ0) is 14.9. The molecule has 3 rings (SSSR count). The van der Waals surface area contributed by atoms with Crippen LogP contribution in [-0.4, -0.2) is 38.1 Å². The van der Waals surface area contributed by atoms with Crippen molar-refractivity contribution in [2.45, 2.75) is 5.38 Å². The Morgan fingerprint density at radius 2 is 1.29 bits per heavy atom. The lowest BCUT2D eigenvalue weighted by Crippen LogP contribution is -2.40. The van der Waals surface area contributed by atoms with Crippen molar-refractivity contribution in [3.63, 3.8) is 0 Å². The molecule has 0 saturated carbocycles. The molecule has 0 aromatic heterocycles. The molecule has 1 N–H and O–H groups in total. The quantitative estimate of drug-likeness (QED) is 0.854. The van der Waals surface area contributed by atoms with Crippen molar-refractivity contribution in [1.29, 1.82) is 0 Å². The number of alkyl halides is 1. The molecule has 0 bridgehead atoms. The van der Waals surface area contributed by atoms with Crippen molar-refractivity contribution < 1.29 is 0 Å². The van der Waals surface area contributed by atoms with E-state index in [-0.39, 0.29) is 5.38 Å². The number of likely N-dealkylation sites (N-methyl/N-ethyl adjacent to an activating group) is 1. The highest BCUT2D eigenvalue weighted by molar-refractivity contribution is 6.22. The van der Waals surface area contributed by atoms with Crippen LogP contribution in [0.15, 0.2) is 60.7 Å². The van der Waals surface area contributed by atoms with E-state index < -0.39 is 0 Å². The molecule has 1 aliphatic rings. The summed E-state index contributed by atoms with van der Waals surface area (Å²) >= 11 is 6.33. The number of hydrogen-bond donors (Lipinski definition) is 1. The predicted octanol–water partition coefficient (Wildman–Crippen LogP) is 3.54. The second-order valence-corrected chi connectivity index (χ2v) is 5.67. The second-order valence-electron chi connectivity index (χ2n) is 5.24. The molecule has 0 aliphatic carbocycles. The highest BCUT2D eigenvalue weighted by atomic mass is 35.5. The predicted molar refractivity (Wildman–Crippen MR) is 90.9 cm³/mol. The molecule has 3 heteroatoms. The van der Waals surface area contributed by atoms with E-state index in [0.717, 1.165) is 24.2 Å². The lowest BCUT2D eigenvalue weighted by atomic mass is 10.0. The third kappa shape index (κ3) is 5.50. The first kappa shape index (κ1) is 16.0. The van der Waals surface area contributed by atoms with Gasteiger partial charge in [-0.25, -0.2) is 0 Å². The number of rotatable bonds is 2. The van der Waals surface area contributed by atoms with Gasteiger partial charge in [-0.15, -0.1) is 11.6 Å². The summed E-state index contributed by atoms with van der Waals surface area (Å²) in [6.07, 6.45) is 0. The SMILES string of the molecule is CN1CCNCC1.ClC(c1ccccc1)c1ccccc1. The van der Waals surface area contributed by atoms with E-state index in [4.69, 9.17) is 11.6 Å². The Hall–Kier alpha value is -1.35. The number of nitrogens with zero attached hydrogens (tertiary/aromatic N) is 1. The third-order valence-electron chi connectivity index (χ3n) is 3.53. The lowest BCUT2D eigenvalue weighted by Gasteiger charge is -2.21. The average Bonchev–Trinajstić information content (AvgIpc) is 2.57. The Balaban J connectivity index is 0.000000194. The van der Waals surface area contributed by atoms with Crippen molar-refractivity contribution in [2.75, 3.05) is 33.2 Å². The first-order chi connectivity index (χ1) is 10.3. The molecule has 0 radical (unpaired) electrons. The summed E-state index contributed by atoms with van der Waals surface area (Å²) in [7, 11) is 2.15. The van der Waals surface area contributed by atoms with Crippen LogP contribution in [0.5, 0.6) is 0 Å². The number of halogens is 1. The fraction of sp³-hybridized carbons (Fsp3) is 0.333. The molecule has 1 fully saturated rings. The largest absolute Gasteiger partial charge is 0.314 e. The Kier molecular flexibility index (Phi) is 6.74. The molecular formula is C18H23ClN2. The molecule has 0 amide bonds. The summed E-state index contributed by atoms with van der Waals surface area (Å²) < 4.78 is 0. The van der Waals surface area contributed by atoms with Gasteiger partial charge in [0, 0.05) is 26.2 Å². The number of benzene rings is 2. The summed E-state index contributed by atoms with van der Waals surface area (Å²) in [6, 6.07) is 20.2. The van der Waals surface area contributed by atoms with Crippen molar-refractivity contribution in [3.8, 4) is 0 Å². The van der Waals surface area contributed by atoms with Gasteiger partial charge in [0.2, 0.25) is 0 Å². The van der Waals surface area contributed by atoms with Crippen LogP contribution >= 0.6 is 11.6 Å². The number of piperazine rings is 1. The maximum Gasteiger partial charge on any atom is 0.0835 e. The summed E-state index contributed by atoms with van der Waals surface area (Å²) in [5, 5.41) is 3.23. The molecule has 0 spiro atoms. The molecule has 21 heavy (non-hydrogen) atoms. The van der Waals surface area contributed by atoms with Crippen LogP contribution in [-0.2, 0) is 0 Å². The summed E-state index contributed by atoms with van der Waals surface area (Å²) in [4.78, 5) is 2.33. The minimum atomic E-state index is -0.0441. The molecule has 112 valence electrons. The number of hydrogen-bond acceptors (Lipinski definition) is 2. The van der Waals surface area contributed by atoms with Crippen molar-refractivity contribution in [2.24, 2.45) is 0 Å². The van der Waals surface area contributed by atoms with Crippen LogP contribution in [0, 0.1) is 0 Å². The fourth-order valence-electron chi connectivity index (χ4n) is 2.21. The van der Waals surface area contributed by atoms with Crippen molar-refractivity contribution in [3.05, 3.63) is 71.8 Å². The van der Waals surface area contributed by atoms with E-state index in [1.165, 1.54) is 13.1 Å². The van der Waals surface area contributed by atoms with E-state index in [1.54, 1.807) is 0 Å². The fourth-order valence-corrected chi connectivity index (χ4v) is 2.50. The summed E-state index contributed by atoms with van der Waals surface area (Å²) in [5.74, 6) is 0. The van der Waals surface area contributed by atoms with Crippen molar-refractivity contribution >= 4 is 11.6 Å². The Bertz CT molecular complexity index is 456. The van der Waals surface area contributed by atoms with Gasteiger partial charge >= 0.3 is 0 Å². The van der Waals surface area contributed by atoms with Gasteiger partial charge in [0.05, 0.1) is 5.38 Å². The highest BCUT2D eigenvalue weighted by Crippen LogP contribution is 2.27. The van der Waals surface area contributed by atoms with Crippen LogP contribution in [0.3, 0.4) is 0 Å². The van der Waals surface area contributed by atoms with Crippen LogP contribution < -0.4 is 5.32 Å². The van der Waals surface area contributed by atoms with Crippen LogP contribution in [0.4, 0.5) is 0 Å². The maximum atomic E-state index is 6.33. The van der Waals surface area contributed by atoms with Gasteiger partial charge in [0.15, 0.2) is 0 Å². The smallest absolute Gasteiger partial charge is 0.0835 e. The van der Waals surface area contributed by atoms with Gasteiger partial charge in [-0.3, -0.25) is 0 Å². The van der Waals surface area contributed by atoms with Crippen LogP contribution in [0.2, 0.25) is 0 Å². The van der Waals surface area contributed by atoms with Crippen LogP contribution in [0.25, 0.3) is 0 Å². The standard InChI is InChI=1S/C13H11Cl.C5H12N2/c14-13(11-7-3-1-4-8-11)12-9-5-2-6-10-12;1-7-4-2-6-3-5-7/h1-10,13H;6H,2-5H2,1H3. The topological polar surface area (TPSA) is 15.3 Å². The van der Waals surface area contributed by atoms with Crippen LogP contribution in [0.1, 0.15) is 16.5 Å². The van der Waals surface area contributed by atoms with E-state index in [9.17, 15) is 0 Å². The highest BCUT2D eigenvalue weighted by Gasteiger charge is 2.08. The van der Waals surface area contributed by atoms with Gasteiger partial charge < -0.3 is 10.2 Å². The Morgan fingerprint density at radius 1 is 0.857 bits per heavy atom. The van der Waals surface area contributed by atoms with Gasteiger partial charge in [-0.2, -0.15) is 0 Å². The molecule has 1 aliphatic heterocycles. The van der Waals surface area contributed by atoms with Gasteiger partial charge in [-0.05, 0) is 18.2 Å². The Morgan fingerprint density at radius 3 is 1.62 bits per heavy atom. The van der Waals surface area contributed by atoms with E-state index >= 15 is 0 Å². The zero-order valence-corrected chi connectivity index (χ0v) is 13.3. The number of nitrogens with one attached hydrogen (secondary N) is 1. The molecule has 2 aromatic carbocycles. The molecular weight excluding hydrogens is 280 g/mol. The normalized spacial score (nSPS) is 15.4. The summed E-state index contributed by atoms with van der Waals surface area (Å²) in [5.41, 5.74) is 2.28. The van der Waals surface area contributed by atoms with E-state index in [1.807, 2.05) is 60.7 Å². The van der Waals surface area contributed by atoms with Gasteiger partial charge in [0.25, 0.3) is 0 Å². The molecule has 1 saturated heterocycles. The third-order valence-corrected chi connectivity index (χ3v) is 4.03. The van der Waals surface area contributed by atoms with Gasteiger partial charge in [-0.1, -0.05) is 60.7 Å². The van der Waals surface area contributed by atoms with E-state index in [2.05, 4.69) is 17.3 Å². The molecule has 0 unspecified atom stereocenters. The molecule has 0 atom stereocenters.